The Balaban J connectivity index is 2.27. The summed E-state index contributed by atoms with van der Waals surface area (Å²) in [5.74, 6) is -1.09. The van der Waals surface area contributed by atoms with Gasteiger partial charge in [-0.1, -0.05) is 6.92 Å². The lowest BCUT2D eigenvalue weighted by Gasteiger charge is -2.08. The second-order valence-electron chi connectivity index (χ2n) is 4.78. The minimum Gasteiger partial charge on any atom is -0.478 e. The van der Waals surface area contributed by atoms with Crippen LogP contribution in [0, 0.1) is 0 Å². The van der Waals surface area contributed by atoms with Gasteiger partial charge in [0.05, 0.1) is 15.4 Å². The predicted octanol–water partition coefficient (Wildman–Crippen LogP) is 3.04. The number of carbonyl (C=O) groups is 1. The first-order valence-corrected chi connectivity index (χ1v) is 8.36. The molecule has 5 nitrogen and oxygen atoms in total. The lowest BCUT2D eigenvalue weighted by atomic mass is 10.2. The van der Waals surface area contributed by atoms with Gasteiger partial charge in [-0.05, 0) is 55.0 Å². The second kappa shape index (κ2) is 6.62. The van der Waals surface area contributed by atoms with Crippen molar-refractivity contribution in [3.63, 3.8) is 0 Å². The SMILES string of the molecule is CCCNc1ccc(S(=O)(=O)c2ccc(C(=O)O)cc2)cc1. The molecule has 6 heteroatoms. The van der Waals surface area contributed by atoms with Crippen molar-refractivity contribution in [2.45, 2.75) is 23.1 Å². The van der Waals surface area contributed by atoms with Crippen molar-refractivity contribution in [3.05, 3.63) is 54.1 Å². The molecule has 0 aromatic heterocycles. The standard InChI is InChI=1S/C16H17NO4S/c1-2-11-17-13-5-9-15(10-6-13)22(20,21)14-7-3-12(4-8-14)16(18)19/h3-10,17H,2,11H2,1H3,(H,18,19). The van der Waals surface area contributed by atoms with E-state index in [1.165, 1.54) is 24.3 Å². The molecule has 0 atom stereocenters. The van der Waals surface area contributed by atoms with Crippen LogP contribution in [0.1, 0.15) is 23.7 Å². The summed E-state index contributed by atoms with van der Waals surface area (Å²) in [5, 5.41) is 12.0. The summed E-state index contributed by atoms with van der Waals surface area (Å²) in [6.07, 6.45) is 0.982. The lowest BCUT2D eigenvalue weighted by Crippen LogP contribution is -2.04. The predicted molar refractivity (Wildman–Crippen MR) is 84.1 cm³/mol. The van der Waals surface area contributed by atoms with Crippen LogP contribution in [0.5, 0.6) is 0 Å². The second-order valence-corrected chi connectivity index (χ2v) is 6.73. The van der Waals surface area contributed by atoms with Crippen molar-refractivity contribution in [1.29, 1.82) is 0 Å². The van der Waals surface area contributed by atoms with E-state index in [2.05, 4.69) is 5.32 Å². The molecule has 2 N–H and O–H groups in total. The van der Waals surface area contributed by atoms with Gasteiger partial charge in [-0.15, -0.1) is 0 Å². The van der Waals surface area contributed by atoms with Crippen LogP contribution in [0.3, 0.4) is 0 Å². The van der Waals surface area contributed by atoms with Crippen LogP contribution in [0.4, 0.5) is 5.69 Å². The minimum absolute atomic E-state index is 0.0538. The Morgan fingerprint density at radius 2 is 1.50 bits per heavy atom. The molecule has 2 rings (SSSR count). The molecule has 22 heavy (non-hydrogen) atoms. The van der Waals surface area contributed by atoms with E-state index in [0.29, 0.717) is 0 Å². The van der Waals surface area contributed by atoms with E-state index in [-0.39, 0.29) is 15.4 Å². The van der Waals surface area contributed by atoms with Crippen molar-refractivity contribution in [1.82, 2.24) is 0 Å². The topological polar surface area (TPSA) is 83.5 Å². The van der Waals surface area contributed by atoms with Crippen LogP contribution in [0.25, 0.3) is 0 Å². The zero-order chi connectivity index (χ0) is 16.2. The van der Waals surface area contributed by atoms with E-state index >= 15 is 0 Å². The van der Waals surface area contributed by atoms with Gasteiger partial charge in [-0.3, -0.25) is 0 Å². The van der Waals surface area contributed by atoms with E-state index in [0.717, 1.165) is 18.7 Å². The molecule has 0 amide bonds. The molecule has 0 heterocycles. The van der Waals surface area contributed by atoms with Crippen molar-refractivity contribution in [3.8, 4) is 0 Å². The Labute approximate surface area is 129 Å². The monoisotopic (exact) mass is 319 g/mol. The Kier molecular flexibility index (Phi) is 4.82. The third-order valence-corrected chi connectivity index (χ3v) is 4.94. The first-order valence-electron chi connectivity index (χ1n) is 6.87. The summed E-state index contributed by atoms with van der Waals surface area (Å²) in [5.41, 5.74) is 0.917. The number of sulfone groups is 1. The van der Waals surface area contributed by atoms with E-state index in [9.17, 15) is 13.2 Å². The zero-order valence-corrected chi connectivity index (χ0v) is 12.9. The summed E-state index contributed by atoms with van der Waals surface area (Å²) >= 11 is 0. The van der Waals surface area contributed by atoms with Crippen LogP contribution in [0.15, 0.2) is 58.3 Å². The average Bonchev–Trinajstić information content (AvgIpc) is 2.53. The molecule has 116 valence electrons. The Morgan fingerprint density at radius 3 is 1.95 bits per heavy atom. The van der Waals surface area contributed by atoms with Gasteiger partial charge >= 0.3 is 5.97 Å². The van der Waals surface area contributed by atoms with Crippen molar-refractivity contribution in [2.24, 2.45) is 0 Å². The summed E-state index contributed by atoms with van der Waals surface area (Å²) in [7, 11) is -3.64. The van der Waals surface area contributed by atoms with E-state index in [4.69, 9.17) is 5.11 Å². The fourth-order valence-corrected chi connectivity index (χ4v) is 3.19. The maximum absolute atomic E-state index is 12.5. The molecule has 0 aliphatic heterocycles. The molecule has 0 saturated carbocycles. The van der Waals surface area contributed by atoms with Gasteiger partial charge in [0.15, 0.2) is 0 Å². The number of anilines is 1. The highest BCUT2D eigenvalue weighted by Gasteiger charge is 2.18. The molecule has 0 aliphatic rings. The van der Waals surface area contributed by atoms with Crippen LogP contribution in [0.2, 0.25) is 0 Å². The molecule has 0 bridgehead atoms. The molecular weight excluding hydrogens is 302 g/mol. The van der Waals surface area contributed by atoms with Crippen molar-refractivity contribution < 1.29 is 18.3 Å². The third kappa shape index (κ3) is 3.46. The van der Waals surface area contributed by atoms with Crippen molar-refractivity contribution >= 4 is 21.5 Å². The number of carboxylic acid groups (broad SMARTS) is 1. The summed E-state index contributed by atoms with van der Waals surface area (Å²) in [6.45, 7) is 2.87. The smallest absolute Gasteiger partial charge is 0.335 e. The highest BCUT2D eigenvalue weighted by atomic mass is 32.2. The summed E-state index contributed by atoms with van der Waals surface area (Å²) in [6, 6.07) is 11.7. The molecule has 0 unspecified atom stereocenters. The summed E-state index contributed by atoms with van der Waals surface area (Å²) < 4.78 is 24.9. The van der Waals surface area contributed by atoms with Crippen LogP contribution < -0.4 is 5.32 Å². The molecule has 0 fully saturated rings. The van der Waals surface area contributed by atoms with Gasteiger partial charge in [0, 0.05) is 12.2 Å². The van der Waals surface area contributed by atoms with Gasteiger partial charge in [-0.25, -0.2) is 13.2 Å². The maximum Gasteiger partial charge on any atom is 0.335 e. The van der Waals surface area contributed by atoms with E-state index in [1.807, 2.05) is 6.92 Å². The number of rotatable bonds is 6. The number of benzene rings is 2. The van der Waals surface area contributed by atoms with Gasteiger partial charge in [0.25, 0.3) is 0 Å². The Hall–Kier alpha value is -2.34. The quantitative estimate of drug-likeness (QED) is 0.855. The van der Waals surface area contributed by atoms with Gasteiger partial charge < -0.3 is 10.4 Å². The third-order valence-electron chi connectivity index (χ3n) is 3.16. The summed E-state index contributed by atoms with van der Waals surface area (Å²) in [4.78, 5) is 11.1. The zero-order valence-electron chi connectivity index (χ0n) is 12.1. The lowest BCUT2D eigenvalue weighted by molar-refractivity contribution is 0.0696. The van der Waals surface area contributed by atoms with Gasteiger partial charge in [0.2, 0.25) is 9.84 Å². The van der Waals surface area contributed by atoms with Crippen LogP contribution in [-0.2, 0) is 9.84 Å². The first-order chi connectivity index (χ1) is 10.4. The molecule has 0 saturated heterocycles. The number of aromatic carboxylic acids is 1. The Bertz CT molecular complexity index is 750. The highest BCUT2D eigenvalue weighted by molar-refractivity contribution is 7.91. The fraction of sp³-hybridized carbons (Fsp3) is 0.188. The minimum atomic E-state index is -3.64. The normalized spacial score (nSPS) is 11.1. The number of carboxylic acids is 1. The number of nitrogens with one attached hydrogen (secondary N) is 1. The maximum atomic E-state index is 12.5. The Morgan fingerprint density at radius 1 is 1.00 bits per heavy atom. The van der Waals surface area contributed by atoms with Crippen LogP contribution >= 0.6 is 0 Å². The molecule has 0 radical (unpaired) electrons. The molecule has 2 aromatic carbocycles. The van der Waals surface area contributed by atoms with Crippen LogP contribution in [-0.4, -0.2) is 26.0 Å². The number of hydrogen-bond donors (Lipinski definition) is 2. The van der Waals surface area contributed by atoms with E-state index < -0.39 is 15.8 Å². The highest BCUT2D eigenvalue weighted by Crippen LogP contribution is 2.22. The fourth-order valence-electron chi connectivity index (χ4n) is 1.93. The molecule has 2 aromatic rings. The molecule has 0 spiro atoms. The molecule has 0 aliphatic carbocycles. The first kappa shape index (κ1) is 16.0. The molecular formula is C16H17NO4S. The number of hydrogen-bond acceptors (Lipinski definition) is 4. The van der Waals surface area contributed by atoms with Gasteiger partial charge in [0.1, 0.15) is 0 Å². The largest absolute Gasteiger partial charge is 0.478 e. The van der Waals surface area contributed by atoms with Crippen molar-refractivity contribution in [2.75, 3.05) is 11.9 Å². The van der Waals surface area contributed by atoms with E-state index in [1.54, 1.807) is 24.3 Å². The average molecular weight is 319 g/mol. The van der Waals surface area contributed by atoms with Gasteiger partial charge in [-0.2, -0.15) is 0 Å².